The molecule has 1 aliphatic rings. The minimum absolute atomic E-state index is 0.0147. The fraction of sp³-hybridized carbons (Fsp3) is 0.0741. The Morgan fingerprint density at radius 1 is 0.912 bits per heavy atom. The molecule has 6 nitrogen and oxygen atoms in total. The second-order valence-electron chi connectivity index (χ2n) is 8.11. The van der Waals surface area contributed by atoms with E-state index in [0.29, 0.717) is 10.2 Å². The number of nitrogens with zero attached hydrogens (tertiary/aromatic N) is 1. The summed E-state index contributed by atoms with van der Waals surface area (Å²) in [6.07, 6.45) is 5.86. The summed E-state index contributed by atoms with van der Waals surface area (Å²) >= 11 is 5.61. The molecule has 34 heavy (non-hydrogen) atoms. The topological polar surface area (TPSA) is 95.3 Å². The lowest BCUT2D eigenvalue weighted by Crippen LogP contribution is -2.25. The van der Waals surface area contributed by atoms with Gasteiger partial charge in [0.1, 0.15) is 16.0 Å². The first kappa shape index (κ1) is 21.6. The van der Waals surface area contributed by atoms with Crippen LogP contribution in [0.1, 0.15) is 49.7 Å². The van der Waals surface area contributed by atoms with Crippen molar-refractivity contribution in [2.24, 2.45) is 0 Å². The van der Waals surface area contributed by atoms with E-state index in [4.69, 9.17) is 12.2 Å². The Bertz CT molecular complexity index is 1530. The maximum Gasteiger partial charge on any atom is 0.339 e. The first-order chi connectivity index (χ1) is 16.4. The van der Waals surface area contributed by atoms with Gasteiger partial charge in [0.2, 0.25) is 0 Å². The molecule has 0 amide bonds. The average molecular weight is 469 g/mol. The molecule has 0 fully saturated rings. The zero-order chi connectivity index (χ0) is 23.8. The number of aromatic carboxylic acids is 1. The van der Waals surface area contributed by atoms with E-state index in [-0.39, 0.29) is 23.8 Å². The molecule has 3 aromatic carbocycles. The number of carboxylic acids is 1. The van der Waals surface area contributed by atoms with E-state index in [0.717, 1.165) is 27.8 Å². The molecule has 0 spiro atoms. The van der Waals surface area contributed by atoms with Gasteiger partial charge in [-0.3, -0.25) is 9.55 Å². The number of aromatic hydroxyl groups is 1. The van der Waals surface area contributed by atoms with Crippen LogP contribution < -0.4 is 5.69 Å². The molecule has 0 aliphatic heterocycles. The van der Waals surface area contributed by atoms with Gasteiger partial charge in [-0.1, -0.05) is 85.0 Å². The van der Waals surface area contributed by atoms with Gasteiger partial charge < -0.3 is 10.2 Å². The summed E-state index contributed by atoms with van der Waals surface area (Å²) in [7, 11) is 0. The number of carboxylic acid groups (broad SMARTS) is 1. The van der Waals surface area contributed by atoms with Gasteiger partial charge in [-0.05, 0) is 28.3 Å². The van der Waals surface area contributed by atoms with E-state index in [2.05, 4.69) is 29.3 Å². The molecule has 0 saturated carbocycles. The zero-order valence-corrected chi connectivity index (χ0v) is 18.8. The summed E-state index contributed by atoms with van der Waals surface area (Å²) in [5.41, 5.74) is 4.64. The van der Waals surface area contributed by atoms with Gasteiger partial charge in [0.15, 0.2) is 0 Å². The molecule has 0 saturated heterocycles. The van der Waals surface area contributed by atoms with Crippen molar-refractivity contribution in [3.8, 4) is 5.75 Å². The number of aromatic nitrogens is 2. The molecule has 168 valence electrons. The van der Waals surface area contributed by atoms with Crippen molar-refractivity contribution in [3.63, 3.8) is 0 Å². The van der Waals surface area contributed by atoms with Gasteiger partial charge in [0.25, 0.3) is 0 Å². The largest absolute Gasteiger partial charge is 0.507 e. The van der Waals surface area contributed by atoms with Gasteiger partial charge in [-0.15, -0.1) is 0 Å². The number of nitrogens with one attached hydrogen (secondary N) is 1. The van der Waals surface area contributed by atoms with Crippen LogP contribution in [0.2, 0.25) is 0 Å². The van der Waals surface area contributed by atoms with Gasteiger partial charge in [-0.2, -0.15) is 0 Å². The number of aromatic amines is 1. The molecule has 5 rings (SSSR count). The standard InChI is InChI=1S/C27H20N2O4S/c30-24-18(8-5-11-21(24)26(31)32)14-29-15-22(25(34)28-27(29)33)23-19-9-3-1-6-16(19)12-13-17-7-2-4-10-20(17)23/h1-13,15,23,30H,14H2,(H,31,32)(H,28,33,34). The predicted octanol–water partition coefficient (Wildman–Crippen LogP) is 5.02. The highest BCUT2D eigenvalue weighted by atomic mass is 32.1. The van der Waals surface area contributed by atoms with Crippen molar-refractivity contribution >= 4 is 30.3 Å². The molecule has 1 aromatic heterocycles. The van der Waals surface area contributed by atoms with Gasteiger partial charge in [0, 0.05) is 23.2 Å². The average Bonchev–Trinajstić information content (AvgIpc) is 2.99. The van der Waals surface area contributed by atoms with Gasteiger partial charge in [-0.25, -0.2) is 9.59 Å². The summed E-state index contributed by atoms with van der Waals surface area (Å²) in [6.45, 7) is -0.0147. The third kappa shape index (κ3) is 3.76. The SMILES string of the molecule is O=C(O)c1cccc(Cn2cc(C3c4ccccc4C=Cc4ccccc43)c(=S)[nH]c2=O)c1O. The number of hydrogen-bond acceptors (Lipinski definition) is 4. The van der Waals surface area contributed by atoms with E-state index < -0.39 is 11.7 Å². The maximum atomic E-state index is 12.8. The number of hydrogen-bond donors (Lipinski definition) is 3. The monoisotopic (exact) mass is 468 g/mol. The molecule has 7 heteroatoms. The first-order valence-electron chi connectivity index (χ1n) is 10.7. The quantitative estimate of drug-likeness (QED) is 0.322. The minimum atomic E-state index is -1.24. The summed E-state index contributed by atoms with van der Waals surface area (Å²) in [5.74, 6) is -1.82. The number of benzene rings is 3. The van der Waals surface area contributed by atoms with Crippen molar-refractivity contribution in [1.29, 1.82) is 0 Å². The fourth-order valence-electron chi connectivity index (χ4n) is 4.46. The lowest BCUT2D eigenvalue weighted by atomic mass is 9.83. The molecular formula is C27H20N2O4S. The number of para-hydroxylation sites is 1. The summed E-state index contributed by atoms with van der Waals surface area (Å²) in [5, 5.41) is 19.8. The molecule has 0 unspecified atom stereocenters. The lowest BCUT2D eigenvalue weighted by molar-refractivity contribution is 0.0693. The van der Waals surface area contributed by atoms with Crippen LogP contribution in [0, 0.1) is 4.64 Å². The molecule has 3 N–H and O–H groups in total. The third-order valence-electron chi connectivity index (χ3n) is 6.10. The number of fused-ring (bicyclic) bond motifs is 2. The Morgan fingerprint density at radius 3 is 2.15 bits per heavy atom. The van der Waals surface area contributed by atoms with Crippen molar-refractivity contribution in [1.82, 2.24) is 9.55 Å². The summed E-state index contributed by atoms with van der Waals surface area (Å²) in [4.78, 5) is 27.0. The van der Waals surface area contributed by atoms with Crippen LogP contribution in [0.15, 0.2) is 77.7 Å². The van der Waals surface area contributed by atoms with Crippen LogP contribution in [0.3, 0.4) is 0 Å². The summed E-state index contributed by atoms with van der Waals surface area (Å²) < 4.78 is 1.75. The summed E-state index contributed by atoms with van der Waals surface area (Å²) in [6, 6.07) is 20.6. The molecule has 0 atom stereocenters. The highest BCUT2D eigenvalue weighted by Gasteiger charge is 2.25. The van der Waals surface area contributed by atoms with Crippen LogP contribution in [0.25, 0.3) is 12.2 Å². The van der Waals surface area contributed by atoms with E-state index in [1.165, 1.54) is 10.6 Å². The van der Waals surface area contributed by atoms with Crippen LogP contribution in [-0.4, -0.2) is 25.7 Å². The highest BCUT2D eigenvalue weighted by molar-refractivity contribution is 7.71. The number of rotatable bonds is 4. The fourth-order valence-corrected chi connectivity index (χ4v) is 4.72. The first-order valence-corrected chi connectivity index (χ1v) is 11.1. The van der Waals surface area contributed by atoms with Crippen LogP contribution in [0.5, 0.6) is 5.75 Å². The minimum Gasteiger partial charge on any atom is -0.507 e. The number of H-pyrrole nitrogens is 1. The Hall–Kier alpha value is -4.23. The molecule has 1 heterocycles. The Kier molecular flexibility index (Phi) is 5.47. The van der Waals surface area contributed by atoms with Crippen molar-refractivity contribution < 1.29 is 15.0 Å². The second kappa shape index (κ2) is 8.61. The van der Waals surface area contributed by atoms with E-state index >= 15 is 0 Å². The normalized spacial score (nSPS) is 12.6. The Labute approximate surface area is 200 Å². The van der Waals surface area contributed by atoms with Gasteiger partial charge in [0.05, 0.1) is 6.54 Å². The maximum absolute atomic E-state index is 12.8. The Morgan fingerprint density at radius 2 is 1.53 bits per heavy atom. The number of phenols is 1. The molecular weight excluding hydrogens is 448 g/mol. The lowest BCUT2D eigenvalue weighted by Gasteiger charge is -2.22. The van der Waals surface area contributed by atoms with Crippen molar-refractivity contribution in [2.45, 2.75) is 12.5 Å². The van der Waals surface area contributed by atoms with E-state index in [9.17, 15) is 19.8 Å². The van der Waals surface area contributed by atoms with Crippen molar-refractivity contribution in [3.05, 3.63) is 127 Å². The predicted molar refractivity (Wildman–Crippen MR) is 133 cm³/mol. The van der Waals surface area contributed by atoms with Crippen LogP contribution >= 0.6 is 12.2 Å². The molecule has 1 aliphatic carbocycles. The van der Waals surface area contributed by atoms with Crippen LogP contribution in [0.4, 0.5) is 0 Å². The zero-order valence-electron chi connectivity index (χ0n) is 17.9. The van der Waals surface area contributed by atoms with Crippen molar-refractivity contribution in [2.75, 3.05) is 0 Å². The van der Waals surface area contributed by atoms with Gasteiger partial charge >= 0.3 is 11.7 Å². The highest BCUT2D eigenvalue weighted by Crippen LogP contribution is 2.39. The molecule has 4 aromatic rings. The number of carbonyl (C=O) groups is 1. The molecule has 0 radical (unpaired) electrons. The molecule has 0 bridgehead atoms. The Balaban J connectivity index is 1.69. The van der Waals surface area contributed by atoms with Crippen LogP contribution in [-0.2, 0) is 6.54 Å². The smallest absolute Gasteiger partial charge is 0.339 e. The van der Waals surface area contributed by atoms with E-state index in [1.54, 1.807) is 18.3 Å². The van der Waals surface area contributed by atoms with E-state index in [1.807, 2.05) is 36.4 Å². The second-order valence-corrected chi connectivity index (χ2v) is 8.52. The third-order valence-corrected chi connectivity index (χ3v) is 6.43.